The van der Waals surface area contributed by atoms with Gasteiger partial charge in [0.05, 0.1) is 35.9 Å². The van der Waals surface area contributed by atoms with Crippen molar-refractivity contribution < 1.29 is 63.7 Å². The molecule has 0 radical (unpaired) electrons. The minimum atomic E-state index is -1.81. The monoisotopic (exact) mass is 711 g/mol. The van der Waals surface area contributed by atoms with Crippen molar-refractivity contribution in [2.24, 2.45) is 0 Å². The molecule has 2 amide bonds. The maximum Gasteiger partial charge on any atom is 0.416 e. The number of anilines is 1. The zero-order valence-electron chi connectivity index (χ0n) is 27.3. The number of benzene rings is 3. The number of fused-ring (bicyclic) bond motifs is 2. The number of hydrogen-bond donors (Lipinski definition) is 5. The van der Waals surface area contributed by atoms with Crippen LogP contribution in [0.5, 0.6) is 17.2 Å². The van der Waals surface area contributed by atoms with Gasteiger partial charge in [-0.15, -0.1) is 0 Å². The molecule has 17 heteroatoms. The molecule has 3 aromatic rings. The fourth-order valence-electron chi connectivity index (χ4n) is 6.36. The van der Waals surface area contributed by atoms with Gasteiger partial charge in [0.15, 0.2) is 23.5 Å². The average Bonchev–Trinajstić information content (AvgIpc) is 3.61. The van der Waals surface area contributed by atoms with Gasteiger partial charge in [0.1, 0.15) is 37.6 Å². The zero-order chi connectivity index (χ0) is 36.4. The van der Waals surface area contributed by atoms with Gasteiger partial charge in [-0.2, -0.15) is 0 Å². The molecule has 0 spiro atoms. The highest BCUT2D eigenvalue weighted by Crippen LogP contribution is 2.42. The van der Waals surface area contributed by atoms with Gasteiger partial charge in [-0.1, -0.05) is 36.4 Å². The van der Waals surface area contributed by atoms with Gasteiger partial charge in [-0.05, 0) is 36.1 Å². The number of methoxy groups -OCH3 is 1. The topological polar surface area (TPSA) is 231 Å². The number of nitrogens with zero attached hydrogens (tertiary/aromatic N) is 3. The van der Waals surface area contributed by atoms with Crippen molar-refractivity contribution in [1.29, 1.82) is 0 Å². The molecule has 0 aliphatic carbocycles. The van der Waals surface area contributed by atoms with Crippen molar-refractivity contribution in [1.82, 2.24) is 4.90 Å². The molecule has 3 aliphatic heterocycles. The highest BCUT2D eigenvalue weighted by molar-refractivity contribution is 6.06. The average molecular weight is 712 g/mol. The fourth-order valence-corrected chi connectivity index (χ4v) is 6.36. The summed E-state index contributed by atoms with van der Waals surface area (Å²) >= 11 is 0. The number of aliphatic hydroxyl groups is 5. The molecule has 17 nitrogen and oxygen atoms in total. The Bertz CT molecular complexity index is 1760. The van der Waals surface area contributed by atoms with Crippen LogP contribution in [0.25, 0.3) is 0 Å². The summed E-state index contributed by atoms with van der Waals surface area (Å²) in [7, 11) is 1.41. The highest BCUT2D eigenvalue weighted by Gasteiger charge is 2.47. The summed E-state index contributed by atoms with van der Waals surface area (Å²) in [6.45, 7) is -0.733. The first kappa shape index (κ1) is 35.8. The molecule has 5 N–H and O–H groups in total. The van der Waals surface area contributed by atoms with Crippen LogP contribution in [0, 0.1) is 10.1 Å². The van der Waals surface area contributed by atoms with Gasteiger partial charge >= 0.3 is 11.8 Å². The standard InChI is InChI=1S/C34H37N3O14/c1-47-25-13-20-22(14-26(25)48-16-18-6-3-2-4-7-18)36(32(43)21-8-5-11-35(21)31(20)42)34(44)49-17-19-9-10-24(23(12-19)37(45)46)50-33-30(41)29(40)28(39)27(15-38)51-33/h2-4,6-7,9-10,12-14,21,27-30,32-33,38-41,43H,5,8,11,15-17H2,1H3/t21-,27?,28?,29?,30?,32-,33?/m0/s1. The third-order valence-corrected chi connectivity index (χ3v) is 9.05. The Morgan fingerprint density at radius 1 is 0.961 bits per heavy atom. The van der Waals surface area contributed by atoms with Gasteiger partial charge in [-0.3, -0.25) is 14.9 Å². The lowest BCUT2D eigenvalue weighted by Crippen LogP contribution is -2.60. The lowest BCUT2D eigenvalue weighted by Gasteiger charge is -2.39. The first-order valence-corrected chi connectivity index (χ1v) is 16.1. The summed E-state index contributed by atoms with van der Waals surface area (Å²) in [5.41, 5.74) is 0.469. The second-order valence-electron chi connectivity index (χ2n) is 12.2. The molecule has 0 aromatic heterocycles. The Kier molecular flexibility index (Phi) is 10.6. The van der Waals surface area contributed by atoms with Crippen molar-refractivity contribution in [2.75, 3.05) is 25.2 Å². The number of rotatable bonds is 10. The van der Waals surface area contributed by atoms with Crippen molar-refractivity contribution >= 4 is 23.4 Å². The van der Waals surface area contributed by atoms with E-state index in [4.69, 9.17) is 23.7 Å². The number of carbonyl (C=O) groups is 2. The van der Waals surface area contributed by atoms with Gasteiger partial charge in [0.2, 0.25) is 6.29 Å². The SMILES string of the molecule is COc1cc2c(cc1OCc1ccccc1)N(C(=O)OCc1ccc(OC3OC(CO)C(O)C(O)C3O)c([N+](=O)[O-])c1)[C@@H](O)[C@@H]1CCCN1C2=O. The number of nitro groups is 1. The summed E-state index contributed by atoms with van der Waals surface area (Å²) in [6.07, 6.45) is -9.75. The maximum atomic E-state index is 13.8. The van der Waals surface area contributed by atoms with Gasteiger partial charge < -0.3 is 54.1 Å². The summed E-state index contributed by atoms with van der Waals surface area (Å²) in [6, 6.07) is 15.0. The second-order valence-corrected chi connectivity index (χ2v) is 12.2. The van der Waals surface area contributed by atoms with Crippen LogP contribution < -0.4 is 19.1 Å². The molecule has 272 valence electrons. The van der Waals surface area contributed by atoms with E-state index in [1.807, 2.05) is 30.3 Å². The third-order valence-electron chi connectivity index (χ3n) is 9.05. The van der Waals surface area contributed by atoms with Crippen LogP contribution in [0.3, 0.4) is 0 Å². The molecule has 7 atom stereocenters. The van der Waals surface area contributed by atoms with Crippen molar-refractivity contribution in [2.45, 2.75) is 69.0 Å². The summed E-state index contributed by atoms with van der Waals surface area (Å²) < 4.78 is 27.9. The molecular weight excluding hydrogens is 674 g/mol. The van der Waals surface area contributed by atoms with Gasteiger partial charge in [0.25, 0.3) is 5.91 Å². The van der Waals surface area contributed by atoms with Crippen LogP contribution in [0.2, 0.25) is 0 Å². The molecule has 0 saturated carbocycles. The minimum Gasteiger partial charge on any atom is -0.493 e. The Morgan fingerprint density at radius 2 is 1.73 bits per heavy atom. The molecule has 3 aliphatic rings. The summed E-state index contributed by atoms with van der Waals surface area (Å²) in [4.78, 5) is 41.2. The van der Waals surface area contributed by atoms with Crippen molar-refractivity contribution in [3.63, 3.8) is 0 Å². The molecule has 51 heavy (non-hydrogen) atoms. The smallest absolute Gasteiger partial charge is 0.416 e. The Labute approximate surface area is 290 Å². The summed E-state index contributed by atoms with van der Waals surface area (Å²) in [5.74, 6) is -0.365. The fraction of sp³-hybridized carbons (Fsp3) is 0.412. The van der Waals surface area contributed by atoms with Crippen LogP contribution in [0.4, 0.5) is 16.2 Å². The number of nitro benzene ring substituents is 1. The second kappa shape index (κ2) is 15.1. The van der Waals surface area contributed by atoms with Gasteiger partial charge in [-0.25, -0.2) is 9.69 Å². The molecule has 3 aromatic carbocycles. The first-order valence-electron chi connectivity index (χ1n) is 16.1. The van der Waals surface area contributed by atoms with Crippen LogP contribution in [0.1, 0.15) is 34.3 Å². The van der Waals surface area contributed by atoms with Crippen LogP contribution >= 0.6 is 0 Å². The van der Waals surface area contributed by atoms with Crippen molar-refractivity contribution in [3.05, 3.63) is 87.5 Å². The predicted octanol–water partition coefficient (Wildman–Crippen LogP) is 1.44. The van der Waals surface area contributed by atoms with Crippen LogP contribution in [-0.2, 0) is 22.7 Å². The summed E-state index contributed by atoms with van der Waals surface area (Å²) in [5, 5.41) is 63.4. The molecule has 2 fully saturated rings. The molecule has 5 unspecified atom stereocenters. The largest absolute Gasteiger partial charge is 0.493 e. The van der Waals surface area contributed by atoms with E-state index in [0.29, 0.717) is 19.4 Å². The molecular formula is C34H37N3O14. The number of amides is 2. The Morgan fingerprint density at radius 3 is 2.43 bits per heavy atom. The Hall–Kier alpha value is -5.04. The number of carbonyl (C=O) groups excluding carboxylic acids is 2. The molecule has 2 saturated heterocycles. The van der Waals surface area contributed by atoms with Gasteiger partial charge in [0, 0.05) is 18.7 Å². The lowest BCUT2D eigenvalue weighted by atomic mass is 9.99. The van der Waals surface area contributed by atoms with E-state index in [1.54, 1.807) is 0 Å². The van der Waals surface area contributed by atoms with E-state index in [9.17, 15) is 45.2 Å². The first-order chi connectivity index (χ1) is 24.5. The molecule has 0 bridgehead atoms. The van der Waals surface area contributed by atoms with E-state index in [1.165, 1.54) is 30.2 Å². The minimum absolute atomic E-state index is 0.0185. The maximum absolute atomic E-state index is 13.8. The number of aliphatic hydroxyl groups excluding tert-OH is 5. The number of ether oxygens (including phenoxy) is 5. The van der Waals surface area contributed by atoms with E-state index < -0.39 is 78.8 Å². The van der Waals surface area contributed by atoms with E-state index in [0.717, 1.165) is 22.6 Å². The van der Waals surface area contributed by atoms with E-state index in [-0.39, 0.29) is 40.7 Å². The highest BCUT2D eigenvalue weighted by atomic mass is 16.7. The predicted molar refractivity (Wildman–Crippen MR) is 174 cm³/mol. The van der Waals surface area contributed by atoms with E-state index in [2.05, 4.69) is 0 Å². The zero-order valence-corrected chi connectivity index (χ0v) is 27.3. The van der Waals surface area contributed by atoms with Crippen LogP contribution in [0.15, 0.2) is 60.7 Å². The lowest BCUT2D eigenvalue weighted by molar-refractivity contribution is -0.387. The van der Waals surface area contributed by atoms with Crippen LogP contribution in [-0.4, -0.2) is 111 Å². The van der Waals surface area contributed by atoms with Crippen molar-refractivity contribution in [3.8, 4) is 17.2 Å². The number of hydrogen-bond acceptors (Lipinski definition) is 14. The normalized spacial score (nSPS) is 25.8. The molecule has 3 heterocycles. The third kappa shape index (κ3) is 7.12. The quantitative estimate of drug-likeness (QED) is 0.148. The molecule has 6 rings (SSSR count). The Balaban J connectivity index is 1.25. The van der Waals surface area contributed by atoms with E-state index >= 15 is 0 Å².